The van der Waals surface area contributed by atoms with Gasteiger partial charge < -0.3 is 10.2 Å². The van der Waals surface area contributed by atoms with E-state index in [2.05, 4.69) is 20.5 Å². The highest BCUT2D eigenvalue weighted by atomic mass is 19.4. The zero-order valence-electron chi connectivity index (χ0n) is 16.1. The molecule has 0 aliphatic carbocycles. The van der Waals surface area contributed by atoms with Crippen LogP contribution in [0, 0.1) is 5.92 Å². The molecule has 0 unspecified atom stereocenters. The van der Waals surface area contributed by atoms with Crippen molar-refractivity contribution < 1.29 is 18.0 Å². The molecule has 4 heterocycles. The summed E-state index contributed by atoms with van der Waals surface area (Å²) in [6.07, 6.45) is 0.360. The Kier molecular flexibility index (Phi) is 5.56. The Morgan fingerprint density at radius 2 is 2.07 bits per heavy atom. The van der Waals surface area contributed by atoms with Gasteiger partial charge in [0.25, 0.3) is 0 Å². The van der Waals surface area contributed by atoms with Crippen LogP contribution in [0.2, 0.25) is 0 Å². The lowest BCUT2D eigenvalue weighted by molar-refractivity contribution is -0.137. The summed E-state index contributed by atoms with van der Waals surface area (Å²) >= 11 is 0. The average Bonchev–Trinajstić information content (AvgIpc) is 3.17. The molecule has 10 heteroatoms. The summed E-state index contributed by atoms with van der Waals surface area (Å²) in [5.41, 5.74) is 0.468. The molecular weight excluding hydrogens is 397 g/mol. The van der Waals surface area contributed by atoms with Crippen LogP contribution < -0.4 is 10.2 Å². The van der Waals surface area contributed by atoms with Crippen LogP contribution in [0.25, 0.3) is 5.65 Å². The first-order valence-electron chi connectivity index (χ1n) is 9.76. The molecule has 3 aromatic rings. The fraction of sp³-hybridized carbons (Fsp3) is 0.400. The van der Waals surface area contributed by atoms with Gasteiger partial charge in [-0.25, -0.2) is 0 Å². The molecule has 3 aromatic heterocycles. The summed E-state index contributed by atoms with van der Waals surface area (Å²) in [5, 5.41) is 11.0. The van der Waals surface area contributed by atoms with Crippen LogP contribution in [0.1, 0.15) is 24.1 Å². The van der Waals surface area contributed by atoms with E-state index in [4.69, 9.17) is 0 Å². The third-order valence-corrected chi connectivity index (χ3v) is 5.19. The van der Waals surface area contributed by atoms with Crippen LogP contribution in [-0.2, 0) is 17.4 Å². The lowest BCUT2D eigenvalue weighted by Gasteiger charge is -2.32. The van der Waals surface area contributed by atoms with Gasteiger partial charge >= 0.3 is 6.18 Å². The normalized spacial score (nSPS) is 17.3. The smallest absolute Gasteiger partial charge is 0.355 e. The number of amides is 1. The predicted octanol–water partition coefficient (Wildman–Crippen LogP) is 2.72. The quantitative estimate of drug-likeness (QED) is 0.690. The highest BCUT2D eigenvalue weighted by molar-refractivity contribution is 5.79. The molecule has 1 aliphatic rings. The highest BCUT2D eigenvalue weighted by Gasteiger charge is 2.32. The van der Waals surface area contributed by atoms with Crippen LogP contribution >= 0.6 is 0 Å². The van der Waals surface area contributed by atoms with Crippen molar-refractivity contribution in [3.8, 4) is 0 Å². The van der Waals surface area contributed by atoms with Crippen molar-refractivity contribution in [2.75, 3.05) is 24.5 Å². The van der Waals surface area contributed by atoms with E-state index in [1.807, 2.05) is 23.1 Å². The zero-order chi connectivity index (χ0) is 21.1. The second-order valence-corrected chi connectivity index (χ2v) is 7.29. The molecule has 0 aromatic carbocycles. The van der Waals surface area contributed by atoms with Gasteiger partial charge in [-0.15, -0.1) is 10.2 Å². The summed E-state index contributed by atoms with van der Waals surface area (Å²) in [5.74, 6) is -0.0110. The number of pyridine rings is 2. The second-order valence-electron chi connectivity index (χ2n) is 7.29. The van der Waals surface area contributed by atoms with Gasteiger partial charge in [-0.2, -0.15) is 13.2 Å². The molecule has 30 heavy (non-hydrogen) atoms. The molecular formula is C20H21F3N6O. The predicted molar refractivity (Wildman–Crippen MR) is 104 cm³/mol. The summed E-state index contributed by atoms with van der Waals surface area (Å²) in [4.78, 5) is 18.7. The summed E-state index contributed by atoms with van der Waals surface area (Å²) < 4.78 is 40.6. The van der Waals surface area contributed by atoms with Gasteiger partial charge in [-0.05, 0) is 37.1 Å². The van der Waals surface area contributed by atoms with Crippen molar-refractivity contribution in [2.24, 2.45) is 5.92 Å². The number of aromatic nitrogens is 4. The number of alkyl halides is 3. The lowest BCUT2D eigenvalue weighted by atomic mass is 9.97. The van der Waals surface area contributed by atoms with E-state index in [1.54, 1.807) is 6.20 Å². The fourth-order valence-corrected chi connectivity index (χ4v) is 3.64. The Bertz CT molecular complexity index is 1020. The largest absolute Gasteiger partial charge is 0.417 e. The number of carbonyl (C=O) groups is 1. The minimum Gasteiger partial charge on any atom is -0.355 e. The van der Waals surface area contributed by atoms with Crippen molar-refractivity contribution >= 4 is 17.5 Å². The molecule has 1 N–H and O–H groups in total. The van der Waals surface area contributed by atoms with Crippen molar-refractivity contribution in [3.05, 3.63) is 54.0 Å². The Morgan fingerprint density at radius 3 is 2.83 bits per heavy atom. The van der Waals surface area contributed by atoms with Gasteiger partial charge in [-0.3, -0.25) is 14.2 Å². The molecule has 7 nitrogen and oxygen atoms in total. The molecule has 1 atom stereocenters. The number of rotatable bonds is 5. The molecule has 0 spiro atoms. The van der Waals surface area contributed by atoms with Gasteiger partial charge in [0.1, 0.15) is 0 Å². The lowest BCUT2D eigenvalue weighted by Crippen LogP contribution is -2.44. The van der Waals surface area contributed by atoms with Crippen LogP contribution in [0.15, 0.2) is 42.7 Å². The van der Waals surface area contributed by atoms with Gasteiger partial charge in [-0.1, -0.05) is 6.07 Å². The number of carbonyl (C=O) groups excluding carboxylic acids is 1. The van der Waals surface area contributed by atoms with E-state index < -0.39 is 11.7 Å². The number of hydrogen-bond acceptors (Lipinski definition) is 5. The SMILES string of the molecule is O=C(NCCc1ccccn1)[C@@H]1CCCN(c2nnc3ccc(C(F)(F)F)cn23)C1. The van der Waals surface area contributed by atoms with E-state index in [-0.39, 0.29) is 11.8 Å². The van der Waals surface area contributed by atoms with Crippen LogP contribution in [-0.4, -0.2) is 45.1 Å². The molecule has 4 rings (SSSR count). The number of halogens is 3. The molecule has 158 valence electrons. The maximum absolute atomic E-state index is 13.1. The van der Waals surface area contributed by atoms with Crippen molar-refractivity contribution in [2.45, 2.75) is 25.4 Å². The van der Waals surface area contributed by atoms with E-state index in [0.717, 1.165) is 30.8 Å². The van der Waals surface area contributed by atoms with Crippen molar-refractivity contribution in [3.63, 3.8) is 0 Å². The monoisotopic (exact) mass is 418 g/mol. The number of nitrogens with one attached hydrogen (secondary N) is 1. The third kappa shape index (κ3) is 4.37. The number of piperidine rings is 1. The molecule has 1 amide bonds. The molecule has 1 saturated heterocycles. The van der Waals surface area contributed by atoms with Crippen LogP contribution in [0.5, 0.6) is 0 Å². The molecule has 1 fully saturated rings. The Balaban J connectivity index is 1.43. The molecule has 0 saturated carbocycles. The van der Waals surface area contributed by atoms with E-state index >= 15 is 0 Å². The van der Waals surface area contributed by atoms with Gasteiger partial charge in [0.2, 0.25) is 11.9 Å². The minimum absolute atomic E-state index is 0.0690. The zero-order valence-corrected chi connectivity index (χ0v) is 16.1. The Hall–Kier alpha value is -3.17. The summed E-state index contributed by atoms with van der Waals surface area (Å²) in [6, 6.07) is 7.92. The second kappa shape index (κ2) is 8.29. The number of fused-ring (bicyclic) bond motifs is 1. The van der Waals surface area contributed by atoms with Crippen LogP contribution in [0.3, 0.4) is 0 Å². The standard InChI is InChI=1S/C20H21F3N6O/c21-20(22,23)15-6-7-17-26-27-19(29(17)13-15)28-11-3-4-14(12-28)18(30)25-10-8-16-5-1-2-9-24-16/h1-2,5-7,9,13-14H,3-4,8,10-12H2,(H,25,30)/t14-/m1/s1. The first-order valence-corrected chi connectivity index (χ1v) is 9.76. The number of nitrogens with zero attached hydrogens (tertiary/aromatic N) is 5. The topological polar surface area (TPSA) is 75.4 Å². The average molecular weight is 418 g/mol. The van der Waals surface area contributed by atoms with Gasteiger partial charge in [0, 0.05) is 44.1 Å². The number of anilines is 1. The molecule has 1 aliphatic heterocycles. The molecule has 0 radical (unpaired) electrons. The van der Waals surface area contributed by atoms with E-state index in [1.165, 1.54) is 10.5 Å². The highest BCUT2D eigenvalue weighted by Crippen LogP contribution is 2.30. The Labute approximate surface area is 170 Å². The maximum Gasteiger partial charge on any atom is 0.417 e. The van der Waals surface area contributed by atoms with E-state index in [0.29, 0.717) is 37.7 Å². The number of hydrogen-bond donors (Lipinski definition) is 1. The maximum atomic E-state index is 13.1. The Morgan fingerprint density at radius 1 is 1.20 bits per heavy atom. The van der Waals surface area contributed by atoms with Gasteiger partial charge in [0.15, 0.2) is 5.65 Å². The summed E-state index contributed by atoms with van der Waals surface area (Å²) in [7, 11) is 0. The fourth-order valence-electron chi connectivity index (χ4n) is 3.64. The summed E-state index contributed by atoms with van der Waals surface area (Å²) in [6.45, 7) is 1.47. The first-order chi connectivity index (χ1) is 14.4. The van der Waals surface area contributed by atoms with Gasteiger partial charge in [0.05, 0.1) is 11.5 Å². The molecule has 0 bridgehead atoms. The van der Waals surface area contributed by atoms with Crippen molar-refractivity contribution in [1.29, 1.82) is 0 Å². The van der Waals surface area contributed by atoms with E-state index in [9.17, 15) is 18.0 Å². The van der Waals surface area contributed by atoms with Crippen LogP contribution in [0.4, 0.5) is 19.1 Å². The first kappa shape index (κ1) is 20.1. The van der Waals surface area contributed by atoms with Crippen molar-refractivity contribution in [1.82, 2.24) is 24.9 Å². The minimum atomic E-state index is -4.45. The third-order valence-electron chi connectivity index (χ3n) is 5.19.